The largest absolute Gasteiger partial charge is 0.465 e. The smallest absolute Gasteiger partial charge is 0.341 e. The van der Waals surface area contributed by atoms with E-state index >= 15 is 0 Å². The first-order valence-corrected chi connectivity index (χ1v) is 8.96. The third kappa shape index (κ3) is 3.40. The molecule has 0 unspecified atom stereocenters. The number of pyridine rings is 1. The number of nitrogens with one attached hydrogen (secondary N) is 1. The van der Waals surface area contributed by atoms with E-state index in [4.69, 9.17) is 18.9 Å². The van der Waals surface area contributed by atoms with Crippen LogP contribution in [0.3, 0.4) is 0 Å². The third-order valence-corrected chi connectivity index (χ3v) is 4.45. The van der Waals surface area contributed by atoms with Crippen LogP contribution in [0.4, 0.5) is 11.4 Å². The number of ether oxygens (including phenoxy) is 4. The van der Waals surface area contributed by atoms with Crippen molar-refractivity contribution in [3.05, 3.63) is 53.7 Å². The number of rotatable bonds is 5. The quantitative estimate of drug-likeness (QED) is 0.655. The number of carbonyl (C=O) groups excluding carboxylic acids is 2. The number of para-hydroxylation sites is 1. The highest BCUT2D eigenvalue weighted by Gasteiger charge is 2.22. The lowest BCUT2D eigenvalue weighted by Crippen LogP contribution is -2.11. The predicted molar refractivity (Wildman–Crippen MR) is 105 cm³/mol. The van der Waals surface area contributed by atoms with Crippen LogP contribution in [0.15, 0.2) is 42.6 Å². The zero-order chi connectivity index (χ0) is 20.4. The molecular formula is C21H18N2O6. The Morgan fingerprint density at radius 1 is 1.10 bits per heavy atom. The lowest BCUT2D eigenvalue weighted by Gasteiger charge is -2.16. The summed E-state index contributed by atoms with van der Waals surface area (Å²) < 4.78 is 20.9. The minimum atomic E-state index is -0.530. The molecule has 0 radical (unpaired) electrons. The number of esters is 2. The number of nitrogens with zero attached hydrogens (tertiary/aromatic N) is 1. The van der Waals surface area contributed by atoms with Crippen molar-refractivity contribution in [1.82, 2.24) is 4.98 Å². The number of fused-ring (bicyclic) bond motifs is 2. The SMILES string of the molecule is CCOC(=O)c1cnc2cc3c(cc2c1Nc1ccccc1C(=O)OC)OCO3. The van der Waals surface area contributed by atoms with Crippen LogP contribution in [0.5, 0.6) is 11.5 Å². The summed E-state index contributed by atoms with van der Waals surface area (Å²) in [5.41, 5.74) is 2.09. The number of benzene rings is 2. The van der Waals surface area contributed by atoms with E-state index in [1.54, 1.807) is 43.3 Å². The van der Waals surface area contributed by atoms with Crippen LogP contribution >= 0.6 is 0 Å². The van der Waals surface area contributed by atoms with Crippen molar-refractivity contribution in [2.45, 2.75) is 6.92 Å². The maximum atomic E-state index is 12.6. The Morgan fingerprint density at radius 2 is 1.86 bits per heavy atom. The molecule has 0 saturated heterocycles. The van der Waals surface area contributed by atoms with Gasteiger partial charge in [-0.15, -0.1) is 0 Å². The molecule has 29 heavy (non-hydrogen) atoms. The zero-order valence-electron chi connectivity index (χ0n) is 15.9. The number of carbonyl (C=O) groups is 2. The summed E-state index contributed by atoms with van der Waals surface area (Å²) in [6.07, 6.45) is 1.44. The molecule has 4 rings (SSSR count). The maximum absolute atomic E-state index is 12.6. The molecule has 1 aromatic heterocycles. The van der Waals surface area contributed by atoms with Crippen molar-refractivity contribution in [1.29, 1.82) is 0 Å². The van der Waals surface area contributed by atoms with Gasteiger partial charge in [0.1, 0.15) is 5.56 Å². The second kappa shape index (κ2) is 7.67. The first-order valence-electron chi connectivity index (χ1n) is 8.96. The summed E-state index contributed by atoms with van der Waals surface area (Å²) in [5.74, 6) is 0.0961. The molecule has 3 aromatic rings. The monoisotopic (exact) mass is 394 g/mol. The number of aromatic nitrogens is 1. The number of hydrogen-bond acceptors (Lipinski definition) is 8. The molecule has 8 nitrogen and oxygen atoms in total. The van der Waals surface area contributed by atoms with E-state index in [1.807, 2.05) is 0 Å². The topological polar surface area (TPSA) is 96.0 Å². The fourth-order valence-corrected chi connectivity index (χ4v) is 3.10. The Kier molecular flexibility index (Phi) is 4.90. The highest BCUT2D eigenvalue weighted by atomic mass is 16.7. The molecule has 2 heterocycles. The van der Waals surface area contributed by atoms with Gasteiger partial charge in [-0.3, -0.25) is 4.98 Å². The van der Waals surface area contributed by atoms with Crippen molar-refractivity contribution < 1.29 is 28.5 Å². The van der Waals surface area contributed by atoms with E-state index in [-0.39, 0.29) is 19.0 Å². The normalized spacial score (nSPS) is 11.9. The van der Waals surface area contributed by atoms with Crippen LogP contribution in [0.1, 0.15) is 27.6 Å². The molecule has 0 aliphatic carbocycles. The number of methoxy groups -OCH3 is 1. The van der Waals surface area contributed by atoms with Crippen LogP contribution in [-0.4, -0.2) is 37.4 Å². The van der Waals surface area contributed by atoms with Crippen LogP contribution in [-0.2, 0) is 9.47 Å². The van der Waals surface area contributed by atoms with E-state index in [0.717, 1.165) is 0 Å². The molecular weight excluding hydrogens is 376 g/mol. The Labute approximate surface area is 166 Å². The van der Waals surface area contributed by atoms with Gasteiger partial charge in [0.25, 0.3) is 0 Å². The second-order valence-electron chi connectivity index (χ2n) is 6.15. The highest BCUT2D eigenvalue weighted by Crippen LogP contribution is 2.40. The van der Waals surface area contributed by atoms with Gasteiger partial charge in [-0.1, -0.05) is 12.1 Å². The summed E-state index contributed by atoms with van der Waals surface area (Å²) in [5, 5.41) is 3.82. The van der Waals surface area contributed by atoms with Crippen LogP contribution < -0.4 is 14.8 Å². The second-order valence-corrected chi connectivity index (χ2v) is 6.15. The van der Waals surface area contributed by atoms with Gasteiger partial charge < -0.3 is 24.3 Å². The van der Waals surface area contributed by atoms with Gasteiger partial charge in [-0.25, -0.2) is 9.59 Å². The standard InChI is InChI=1S/C21H18N2O6/c1-3-27-21(25)14-10-22-16-9-18-17(28-11-29-18)8-13(16)19(14)23-15-7-5-4-6-12(15)20(24)26-2/h4-10H,3,11H2,1-2H3,(H,22,23). The molecule has 1 aliphatic heterocycles. The summed E-state index contributed by atoms with van der Waals surface area (Å²) in [6.45, 7) is 2.06. The molecule has 2 aromatic carbocycles. The minimum Gasteiger partial charge on any atom is -0.465 e. The van der Waals surface area contributed by atoms with Gasteiger partial charge in [0, 0.05) is 17.6 Å². The first-order chi connectivity index (χ1) is 14.1. The lowest BCUT2D eigenvalue weighted by molar-refractivity contribution is 0.0526. The molecule has 0 fully saturated rings. The van der Waals surface area contributed by atoms with Gasteiger partial charge in [-0.05, 0) is 25.1 Å². The fourth-order valence-electron chi connectivity index (χ4n) is 3.10. The summed E-state index contributed by atoms with van der Waals surface area (Å²) >= 11 is 0. The van der Waals surface area contributed by atoms with Gasteiger partial charge in [0.15, 0.2) is 11.5 Å². The summed E-state index contributed by atoms with van der Waals surface area (Å²) in [6, 6.07) is 10.3. The lowest BCUT2D eigenvalue weighted by atomic mass is 10.1. The predicted octanol–water partition coefficient (Wildman–Crippen LogP) is 3.67. The highest BCUT2D eigenvalue weighted by molar-refractivity contribution is 6.08. The molecule has 0 saturated carbocycles. The molecule has 1 N–H and O–H groups in total. The van der Waals surface area contributed by atoms with Gasteiger partial charge in [0.2, 0.25) is 6.79 Å². The molecule has 0 spiro atoms. The summed E-state index contributed by atoms with van der Waals surface area (Å²) in [7, 11) is 1.31. The Balaban J connectivity index is 1.90. The molecule has 8 heteroatoms. The summed E-state index contributed by atoms with van der Waals surface area (Å²) in [4.78, 5) is 29.1. The molecule has 0 atom stereocenters. The van der Waals surface area contributed by atoms with Gasteiger partial charge >= 0.3 is 11.9 Å². The van der Waals surface area contributed by atoms with E-state index in [1.165, 1.54) is 13.3 Å². The average Bonchev–Trinajstić information content (AvgIpc) is 3.20. The molecule has 0 bridgehead atoms. The van der Waals surface area contributed by atoms with E-state index in [0.29, 0.717) is 39.3 Å². The van der Waals surface area contributed by atoms with Gasteiger partial charge in [0.05, 0.1) is 36.2 Å². The van der Waals surface area contributed by atoms with Crippen molar-refractivity contribution in [2.75, 3.05) is 25.8 Å². The van der Waals surface area contributed by atoms with E-state index in [9.17, 15) is 9.59 Å². The van der Waals surface area contributed by atoms with Crippen molar-refractivity contribution in [2.24, 2.45) is 0 Å². The van der Waals surface area contributed by atoms with E-state index < -0.39 is 11.9 Å². The molecule has 1 aliphatic rings. The van der Waals surface area contributed by atoms with Gasteiger partial charge in [-0.2, -0.15) is 0 Å². The van der Waals surface area contributed by atoms with Crippen molar-refractivity contribution >= 4 is 34.2 Å². The maximum Gasteiger partial charge on any atom is 0.341 e. The molecule has 0 amide bonds. The number of hydrogen-bond donors (Lipinski definition) is 1. The van der Waals surface area contributed by atoms with Crippen molar-refractivity contribution in [3.8, 4) is 11.5 Å². The Bertz CT molecular complexity index is 1110. The van der Waals surface area contributed by atoms with Crippen LogP contribution in [0.25, 0.3) is 10.9 Å². The van der Waals surface area contributed by atoms with E-state index in [2.05, 4.69) is 10.3 Å². The van der Waals surface area contributed by atoms with Crippen molar-refractivity contribution in [3.63, 3.8) is 0 Å². The van der Waals surface area contributed by atoms with Crippen LogP contribution in [0, 0.1) is 0 Å². The van der Waals surface area contributed by atoms with Crippen LogP contribution in [0.2, 0.25) is 0 Å². The zero-order valence-corrected chi connectivity index (χ0v) is 15.9. The Morgan fingerprint density at radius 3 is 2.62 bits per heavy atom. The average molecular weight is 394 g/mol. The third-order valence-electron chi connectivity index (χ3n) is 4.45. The molecule has 148 valence electrons. The first kappa shape index (κ1) is 18.5. The fraction of sp³-hybridized carbons (Fsp3) is 0.190. The number of anilines is 2. The Hall–Kier alpha value is -3.81. The minimum absolute atomic E-state index is 0.115.